The van der Waals surface area contributed by atoms with E-state index >= 15 is 0 Å². The molecule has 0 aliphatic rings. The fraction of sp³-hybridized carbons (Fsp3) is 0.300. The van der Waals surface area contributed by atoms with Crippen molar-refractivity contribution in [3.8, 4) is 5.75 Å². The lowest BCUT2D eigenvalue weighted by Crippen LogP contribution is -2.22. The summed E-state index contributed by atoms with van der Waals surface area (Å²) in [6.07, 6.45) is 0.434. The van der Waals surface area contributed by atoms with Gasteiger partial charge in [0.05, 0.1) is 12.0 Å². The Labute approximate surface area is 170 Å². The number of nitrogens with zero attached hydrogens (tertiary/aromatic N) is 1. The Morgan fingerprint density at radius 1 is 1.03 bits per heavy atom. The minimum atomic E-state index is -3.58. The molecule has 0 aromatic heterocycles. The van der Waals surface area contributed by atoms with Crippen LogP contribution in [0.3, 0.4) is 0 Å². The number of hydrogen-bond acceptors (Lipinski definition) is 5. The lowest BCUT2D eigenvalue weighted by molar-refractivity contribution is -0.116. The van der Waals surface area contributed by atoms with Gasteiger partial charge in [-0.1, -0.05) is 6.07 Å². The second kappa shape index (κ2) is 9.53. The predicted molar refractivity (Wildman–Crippen MR) is 112 cm³/mol. The van der Waals surface area contributed by atoms with Crippen LogP contribution in [0, 0.1) is 0 Å². The highest BCUT2D eigenvalue weighted by Gasteiger charge is 2.19. The topological polar surface area (TPSA) is 105 Å². The molecule has 0 saturated heterocycles. The number of carbonyl (C=O) groups is 2. The van der Waals surface area contributed by atoms with E-state index < -0.39 is 10.0 Å². The Morgan fingerprint density at radius 3 is 2.28 bits per heavy atom. The van der Waals surface area contributed by atoms with Crippen LogP contribution in [0.5, 0.6) is 5.75 Å². The Balaban J connectivity index is 2.10. The number of amides is 2. The van der Waals surface area contributed by atoms with Gasteiger partial charge in [0.25, 0.3) is 0 Å². The van der Waals surface area contributed by atoms with Crippen molar-refractivity contribution < 1.29 is 22.7 Å². The van der Waals surface area contributed by atoms with E-state index in [9.17, 15) is 18.0 Å². The Bertz CT molecular complexity index is 1000. The number of sulfonamides is 1. The number of anilines is 2. The van der Waals surface area contributed by atoms with Crippen LogP contribution in [0.25, 0.3) is 0 Å². The molecule has 2 aromatic rings. The van der Waals surface area contributed by atoms with Gasteiger partial charge in [0, 0.05) is 38.8 Å². The van der Waals surface area contributed by atoms with E-state index in [1.54, 1.807) is 30.3 Å². The smallest absolute Gasteiger partial charge is 0.242 e. The molecule has 0 radical (unpaired) electrons. The number of ether oxygens (including phenoxy) is 1. The van der Waals surface area contributed by atoms with Gasteiger partial charge in [-0.3, -0.25) is 9.59 Å². The largest absolute Gasteiger partial charge is 0.496 e. The Kier molecular flexibility index (Phi) is 7.35. The highest BCUT2D eigenvalue weighted by molar-refractivity contribution is 7.89. The fourth-order valence-electron chi connectivity index (χ4n) is 2.67. The maximum Gasteiger partial charge on any atom is 0.242 e. The predicted octanol–water partition coefficient (Wildman–Crippen LogP) is 2.48. The molecule has 0 fully saturated rings. The first-order valence-corrected chi connectivity index (χ1v) is 10.3. The molecule has 29 heavy (non-hydrogen) atoms. The van der Waals surface area contributed by atoms with E-state index in [-0.39, 0.29) is 23.1 Å². The van der Waals surface area contributed by atoms with Crippen molar-refractivity contribution in [2.75, 3.05) is 31.8 Å². The van der Waals surface area contributed by atoms with Gasteiger partial charge in [-0.05, 0) is 48.4 Å². The van der Waals surface area contributed by atoms with Crippen molar-refractivity contribution in [3.63, 3.8) is 0 Å². The second-order valence-electron chi connectivity index (χ2n) is 6.57. The molecule has 0 heterocycles. The summed E-state index contributed by atoms with van der Waals surface area (Å²) in [4.78, 5) is 23.6. The van der Waals surface area contributed by atoms with Crippen molar-refractivity contribution in [2.45, 2.75) is 24.7 Å². The molecular formula is C20H25N3O5S. The molecule has 0 unspecified atom stereocenters. The zero-order valence-corrected chi connectivity index (χ0v) is 17.7. The van der Waals surface area contributed by atoms with E-state index in [0.29, 0.717) is 29.1 Å². The Morgan fingerprint density at radius 2 is 1.69 bits per heavy atom. The molecule has 0 atom stereocenters. The molecule has 156 valence electrons. The summed E-state index contributed by atoms with van der Waals surface area (Å²) in [5.74, 6) is 0.0733. The second-order valence-corrected chi connectivity index (χ2v) is 8.72. The molecule has 2 N–H and O–H groups in total. The molecular weight excluding hydrogens is 394 g/mol. The van der Waals surface area contributed by atoms with Gasteiger partial charge in [-0.2, -0.15) is 0 Å². The molecule has 0 spiro atoms. The van der Waals surface area contributed by atoms with Crippen molar-refractivity contribution in [1.29, 1.82) is 0 Å². The van der Waals surface area contributed by atoms with Gasteiger partial charge in [0.15, 0.2) is 0 Å². The summed E-state index contributed by atoms with van der Waals surface area (Å²) in [5, 5.41) is 5.42. The molecule has 2 rings (SSSR count). The van der Waals surface area contributed by atoms with Gasteiger partial charge in [-0.15, -0.1) is 0 Å². The van der Waals surface area contributed by atoms with E-state index in [4.69, 9.17) is 4.74 Å². The average Bonchev–Trinajstić information content (AvgIpc) is 2.65. The third-order valence-corrected chi connectivity index (χ3v) is 5.93. The molecule has 2 amide bonds. The zero-order chi connectivity index (χ0) is 21.6. The minimum absolute atomic E-state index is 0.131. The summed E-state index contributed by atoms with van der Waals surface area (Å²) in [6, 6.07) is 11.4. The number of rotatable bonds is 8. The third-order valence-electron chi connectivity index (χ3n) is 4.12. The molecule has 0 saturated carbocycles. The average molecular weight is 420 g/mol. The van der Waals surface area contributed by atoms with Gasteiger partial charge in [-0.25, -0.2) is 12.7 Å². The van der Waals surface area contributed by atoms with Gasteiger partial charge < -0.3 is 15.4 Å². The zero-order valence-electron chi connectivity index (χ0n) is 16.9. The van der Waals surface area contributed by atoms with Gasteiger partial charge in [0.1, 0.15) is 5.75 Å². The van der Waals surface area contributed by atoms with Crippen molar-refractivity contribution in [2.24, 2.45) is 0 Å². The maximum atomic E-state index is 12.3. The van der Waals surface area contributed by atoms with Crippen LogP contribution >= 0.6 is 0 Å². The molecule has 9 heteroatoms. The van der Waals surface area contributed by atoms with E-state index in [1.165, 1.54) is 40.3 Å². The molecule has 0 bridgehead atoms. The van der Waals surface area contributed by atoms with E-state index in [1.807, 2.05) is 0 Å². The van der Waals surface area contributed by atoms with Crippen LogP contribution in [0.15, 0.2) is 47.4 Å². The van der Waals surface area contributed by atoms with Gasteiger partial charge in [0.2, 0.25) is 21.8 Å². The summed E-state index contributed by atoms with van der Waals surface area (Å²) >= 11 is 0. The fourth-order valence-corrected chi connectivity index (χ4v) is 3.62. The van der Waals surface area contributed by atoms with E-state index in [0.717, 1.165) is 4.31 Å². The van der Waals surface area contributed by atoms with Gasteiger partial charge >= 0.3 is 0 Å². The normalized spacial score (nSPS) is 11.2. The number of benzene rings is 2. The summed E-state index contributed by atoms with van der Waals surface area (Å²) in [6.45, 7) is 1.41. The number of hydrogen-bond donors (Lipinski definition) is 2. The van der Waals surface area contributed by atoms with Crippen molar-refractivity contribution in [3.05, 3.63) is 48.0 Å². The summed E-state index contributed by atoms with van der Waals surface area (Å²) in [7, 11) is 0.829. The van der Waals surface area contributed by atoms with E-state index in [2.05, 4.69) is 10.6 Å². The number of methoxy groups -OCH3 is 1. The lowest BCUT2D eigenvalue weighted by Gasteiger charge is -2.14. The first-order valence-electron chi connectivity index (χ1n) is 8.90. The molecule has 2 aromatic carbocycles. The SMILES string of the molecule is COc1ccc(S(=O)(=O)N(C)C)cc1CCC(=O)Nc1cccc(NC(C)=O)c1. The number of carbonyl (C=O) groups excluding carboxylic acids is 2. The maximum absolute atomic E-state index is 12.3. The molecule has 8 nitrogen and oxygen atoms in total. The number of nitrogens with one attached hydrogen (secondary N) is 2. The highest BCUT2D eigenvalue weighted by atomic mass is 32.2. The highest BCUT2D eigenvalue weighted by Crippen LogP contribution is 2.25. The van der Waals surface area contributed by atoms with Crippen LogP contribution in [0.2, 0.25) is 0 Å². The van der Waals surface area contributed by atoms with Crippen molar-refractivity contribution >= 4 is 33.2 Å². The quantitative estimate of drug-likeness (QED) is 0.684. The van der Waals surface area contributed by atoms with Crippen LogP contribution < -0.4 is 15.4 Å². The first kappa shape index (κ1) is 22.4. The van der Waals surface area contributed by atoms with Crippen LogP contribution in [0.1, 0.15) is 18.9 Å². The monoisotopic (exact) mass is 419 g/mol. The minimum Gasteiger partial charge on any atom is -0.496 e. The first-order chi connectivity index (χ1) is 13.6. The molecule has 0 aliphatic carbocycles. The van der Waals surface area contributed by atoms with Crippen molar-refractivity contribution in [1.82, 2.24) is 4.31 Å². The molecule has 0 aliphatic heterocycles. The Hall–Kier alpha value is -2.91. The number of aryl methyl sites for hydroxylation is 1. The summed E-state index contributed by atoms with van der Waals surface area (Å²) < 4.78 is 31.1. The third kappa shape index (κ3) is 6.03. The van der Waals surface area contributed by atoms with Crippen LogP contribution in [-0.4, -0.2) is 45.7 Å². The summed E-state index contributed by atoms with van der Waals surface area (Å²) in [5.41, 5.74) is 1.76. The van der Waals surface area contributed by atoms with Crippen LogP contribution in [-0.2, 0) is 26.0 Å². The standard InChI is InChI=1S/C20H25N3O5S/c1-14(24)21-16-6-5-7-17(13-16)22-20(25)11-8-15-12-18(9-10-19(15)28-4)29(26,27)23(2)3/h5-7,9-10,12-13H,8,11H2,1-4H3,(H,21,24)(H,22,25). The van der Waals surface area contributed by atoms with Crippen LogP contribution in [0.4, 0.5) is 11.4 Å². The lowest BCUT2D eigenvalue weighted by atomic mass is 10.1.